The van der Waals surface area contributed by atoms with Crippen LogP contribution in [0.15, 0.2) is 0 Å². The Morgan fingerprint density at radius 2 is 2.17 bits per heavy atom. The third kappa shape index (κ3) is 4.86. The lowest BCUT2D eigenvalue weighted by Crippen LogP contribution is -1.63. The lowest BCUT2D eigenvalue weighted by atomic mass is 11.7. The van der Waals surface area contributed by atoms with Crippen molar-refractivity contribution in [3.8, 4) is 0 Å². The maximum Gasteiger partial charge on any atom is 0.421 e. The molecule has 0 amide bonds. The Morgan fingerprint density at radius 1 is 1.67 bits per heavy atom. The van der Waals surface area contributed by atoms with Crippen LogP contribution in [0.1, 0.15) is 0 Å². The van der Waals surface area contributed by atoms with E-state index in [0.29, 0.717) is 0 Å². The van der Waals surface area contributed by atoms with Crippen LogP contribution in [0.25, 0.3) is 0 Å². The molecule has 2 nitrogen and oxygen atoms in total. The first kappa shape index (κ1) is 6.86. The van der Waals surface area contributed by atoms with E-state index in [9.17, 15) is 4.79 Å². The fourth-order valence-electron chi connectivity index (χ4n) is 0.0282. The van der Waals surface area contributed by atoms with Gasteiger partial charge in [-0.25, -0.2) is 4.79 Å². The Balaban J connectivity index is 2.81. The van der Waals surface area contributed by atoms with Crippen LogP contribution in [0.3, 0.4) is 0 Å². The minimum absolute atomic E-state index is 0.899. The first-order chi connectivity index (χ1) is 2.77. The fraction of sp³-hybridized carbons (Fsp3) is 0. The molecule has 0 bridgehead atoms. The largest absolute Gasteiger partial charge is 0.421 e. The molecule has 5 heteroatoms. The summed E-state index contributed by atoms with van der Waals surface area (Å²) in [6, 6.07) is 0. The lowest BCUT2D eigenvalue weighted by Gasteiger charge is -1.87. The summed E-state index contributed by atoms with van der Waals surface area (Å²) >= 11 is 5.86. The third-order valence-corrected chi connectivity index (χ3v) is 1.19. The van der Waals surface area contributed by atoms with Crippen LogP contribution < -0.4 is 0 Å². The molecular weight excluding hydrogens is 235 g/mol. The summed E-state index contributed by atoms with van der Waals surface area (Å²) in [6.45, 7) is 1.25. The highest BCUT2D eigenvalue weighted by Crippen LogP contribution is 2.52. The van der Waals surface area contributed by atoms with Gasteiger partial charge >= 0.3 is 6.47 Å². The molecule has 0 N–H and O–H groups in total. The third-order valence-electron chi connectivity index (χ3n) is 0.106. The molecule has 0 aliphatic heterocycles. The summed E-state index contributed by atoms with van der Waals surface area (Å²) < 4.78 is 4.13. The van der Waals surface area contributed by atoms with Crippen LogP contribution in [-0.2, 0) is 9.32 Å². The van der Waals surface area contributed by atoms with Gasteiger partial charge in [-0.3, -0.25) is 0 Å². The second-order valence-electron chi connectivity index (χ2n) is 0.377. The summed E-state index contributed by atoms with van der Waals surface area (Å²) in [7, 11) is 0. The van der Waals surface area contributed by atoms with Crippen LogP contribution >= 0.6 is 36.5 Å². The minimum Gasteiger partial charge on any atom is -0.413 e. The highest BCUT2D eigenvalue weighted by Gasteiger charge is 1.92. The van der Waals surface area contributed by atoms with Crippen LogP contribution in [0, 0.1) is 0 Å². The number of hydrogen-bond donors (Lipinski definition) is 0. The summed E-state index contributed by atoms with van der Waals surface area (Å²) in [5.41, 5.74) is -0.899. The zero-order valence-electron chi connectivity index (χ0n) is 2.52. The molecule has 0 saturated heterocycles. The van der Waals surface area contributed by atoms with Crippen molar-refractivity contribution in [1.82, 2.24) is 0 Å². The quantitative estimate of drug-likeness (QED) is 0.684. The summed E-state index contributed by atoms with van der Waals surface area (Å²) in [5, 5.41) is 0. The molecule has 0 heterocycles. The molecular formula is CBr2O2P. The standard InChI is InChI=1S/CBr2O2P/c2-6(3)5-1-4. The van der Waals surface area contributed by atoms with Gasteiger partial charge in [-0.15, -0.1) is 0 Å². The summed E-state index contributed by atoms with van der Waals surface area (Å²) in [5.74, 6) is 0. The zero-order valence-corrected chi connectivity index (χ0v) is 6.59. The van der Waals surface area contributed by atoms with Crippen molar-refractivity contribution in [3.05, 3.63) is 0 Å². The molecule has 0 aliphatic rings. The Hall–Kier alpha value is 0.860. The second-order valence-corrected chi connectivity index (χ2v) is 7.68. The zero-order chi connectivity index (χ0) is 4.99. The van der Waals surface area contributed by atoms with E-state index in [2.05, 4.69) is 35.5 Å². The van der Waals surface area contributed by atoms with Crippen LogP contribution in [0.2, 0.25) is 0 Å². The Bertz CT molecular complexity index is 46.8. The molecule has 0 aromatic rings. The molecule has 0 aromatic carbocycles. The van der Waals surface area contributed by atoms with E-state index in [0.717, 1.165) is 0 Å². The number of carbonyl (C=O) groups excluding carboxylic acids is 1. The second kappa shape index (κ2) is 4.03. The lowest BCUT2D eigenvalue weighted by molar-refractivity contribution is 0.472. The van der Waals surface area contributed by atoms with Gasteiger partial charge in [-0.05, 0) is 31.0 Å². The van der Waals surface area contributed by atoms with E-state index in [4.69, 9.17) is 0 Å². The number of hydrogen-bond acceptors (Lipinski definition) is 2. The molecule has 0 saturated carbocycles. The number of rotatable bonds is 2. The van der Waals surface area contributed by atoms with E-state index in [1.807, 2.05) is 0 Å². The molecule has 0 fully saturated rings. The van der Waals surface area contributed by atoms with Crippen molar-refractivity contribution in [3.63, 3.8) is 0 Å². The highest BCUT2D eigenvalue weighted by atomic mass is 79.9. The fourth-order valence-corrected chi connectivity index (χ4v) is 0.439. The average molecular weight is 235 g/mol. The van der Waals surface area contributed by atoms with Crippen molar-refractivity contribution in [2.45, 2.75) is 0 Å². The first-order valence-electron chi connectivity index (χ1n) is 0.929. The maximum absolute atomic E-state index is 9.22. The van der Waals surface area contributed by atoms with E-state index >= 15 is 0 Å². The highest BCUT2D eigenvalue weighted by molar-refractivity contribution is 9.68. The normalized spacial score (nSPS) is 8.50. The van der Waals surface area contributed by atoms with Gasteiger partial charge in [-0.1, -0.05) is 0 Å². The van der Waals surface area contributed by atoms with E-state index in [1.165, 1.54) is 6.47 Å². The van der Waals surface area contributed by atoms with E-state index in [-0.39, 0.29) is 0 Å². The van der Waals surface area contributed by atoms with Gasteiger partial charge in [0, 0.05) is 0 Å². The van der Waals surface area contributed by atoms with Crippen molar-refractivity contribution in [1.29, 1.82) is 0 Å². The van der Waals surface area contributed by atoms with Gasteiger partial charge in [0.1, 0.15) is 0 Å². The first-order valence-corrected chi connectivity index (χ1v) is 6.23. The smallest absolute Gasteiger partial charge is 0.413 e. The SMILES string of the molecule is O=[C]OP(Br)Br. The number of halogens is 2. The van der Waals surface area contributed by atoms with Gasteiger partial charge < -0.3 is 4.52 Å². The predicted octanol–water partition coefficient (Wildman–Crippen LogP) is 2.09. The molecule has 0 rings (SSSR count). The minimum atomic E-state index is -0.899. The maximum atomic E-state index is 9.22. The molecule has 0 aromatic heterocycles. The topological polar surface area (TPSA) is 26.3 Å². The molecule has 0 atom stereocenters. The van der Waals surface area contributed by atoms with Crippen molar-refractivity contribution >= 4 is 43.0 Å². The Morgan fingerprint density at radius 3 is 2.17 bits per heavy atom. The molecule has 0 unspecified atom stereocenters. The van der Waals surface area contributed by atoms with Crippen LogP contribution in [0.4, 0.5) is 0 Å². The van der Waals surface area contributed by atoms with Gasteiger partial charge in [0.15, 0.2) is 0 Å². The van der Waals surface area contributed by atoms with E-state index < -0.39 is 5.55 Å². The van der Waals surface area contributed by atoms with Gasteiger partial charge in [0.25, 0.3) is 0 Å². The predicted molar refractivity (Wildman–Crippen MR) is 31.6 cm³/mol. The Kier molecular flexibility index (Phi) is 4.61. The monoisotopic (exact) mass is 233 g/mol. The van der Waals surface area contributed by atoms with Gasteiger partial charge in [-0.2, -0.15) is 0 Å². The van der Waals surface area contributed by atoms with Gasteiger partial charge in [0.2, 0.25) is 5.55 Å². The summed E-state index contributed by atoms with van der Waals surface area (Å²) in [4.78, 5) is 9.22. The Labute approximate surface area is 52.6 Å². The van der Waals surface area contributed by atoms with Gasteiger partial charge in [0.05, 0.1) is 0 Å². The molecule has 1 radical (unpaired) electrons. The molecule has 6 heavy (non-hydrogen) atoms. The van der Waals surface area contributed by atoms with Crippen molar-refractivity contribution < 1.29 is 9.32 Å². The molecule has 35 valence electrons. The molecule has 0 spiro atoms. The van der Waals surface area contributed by atoms with Crippen molar-refractivity contribution in [2.75, 3.05) is 0 Å². The average Bonchev–Trinajstić information content (AvgIpc) is 1.35. The summed E-state index contributed by atoms with van der Waals surface area (Å²) in [6.07, 6.45) is 0. The molecule has 0 aliphatic carbocycles. The van der Waals surface area contributed by atoms with Crippen LogP contribution in [0.5, 0.6) is 0 Å². The van der Waals surface area contributed by atoms with Crippen molar-refractivity contribution in [2.24, 2.45) is 0 Å². The van der Waals surface area contributed by atoms with E-state index in [1.54, 1.807) is 0 Å². The van der Waals surface area contributed by atoms with Crippen LogP contribution in [-0.4, -0.2) is 6.47 Å².